The zero-order valence-corrected chi connectivity index (χ0v) is 13.1. The summed E-state index contributed by atoms with van der Waals surface area (Å²) in [4.78, 5) is 26.2. The van der Waals surface area contributed by atoms with Crippen molar-refractivity contribution in [2.45, 2.75) is 12.6 Å². The molecule has 6 heteroatoms. The largest absolute Gasteiger partial charge is 0.351 e. The van der Waals surface area contributed by atoms with Gasteiger partial charge in [0.15, 0.2) is 0 Å². The van der Waals surface area contributed by atoms with Crippen molar-refractivity contribution in [1.82, 2.24) is 9.80 Å². The Morgan fingerprint density at radius 1 is 1.29 bits per heavy atom. The van der Waals surface area contributed by atoms with E-state index in [9.17, 15) is 14.0 Å². The van der Waals surface area contributed by atoms with Gasteiger partial charge >= 0.3 is 6.03 Å². The standard InChI is InChI=1S/C18H18FN3O2/c1-2-16(23)22(14-10-21(11-14)18(20)24)9-13-8-7-12-5-3-4-6-15(12)17(13)19/h2-8,14H,1,9-11H2,(H2,20,24). The summed E-state index contributed by atoms with van der Waals surface area (Å²) in [6.45, 7) is 4.33. The third-order valence-corrected chi connectivity index (χ3v) is 4.36. The summed E-state index contributed by atoms with van der Waals surface area (Å²) in [7, 11) is 0. The second-order valence-corrected chi connectivity index (χ2v) is 5.83. The summed E-state index contributed by atoms with van der Waals surface area (Å²) in [5.41, 5.74) is 5.64. The topological polar surface area (TPSA) is 66.6 Å². The molecule has 2 aromatic carbocycles. The number of hydrogen-bond donors (Lipinski definition) is 1. The summed E-state index contributed by atoms with van der Waals surface area (Å²) < 4.78 is 14.7. The van der Waals surface area contributed by atoms with Gasteiger partial charge in [0.05, 0.1) is 6.04 Å². The minimum absolute atomic E-state index is 0.124. The summed E-state index contributed by atoms with van der Waals surface area (Å²) in [5.74, 6) is -0.627. The van der Waals surface area contributed by atoms with Gasteiger partial charge < -0.3 is 15.5 Å². The van der Waals surface area contributed by atoms with Crippen LogP contribution in [0.1, 0.15) is 5.56 Å². The summed E-state index contributed by atoms with van der Waals surface area (Å²) in [6, 6.07) is 9.99. The molecule has 1 aliphatic heterocycles. The Morgan fingerprint density at radius 2 is 2.00 bits per heavy atom. The van der Waals surface area contributed by atoms with Crippen LogP contribution in [0.2, 0.25) is 0 Å². The number of fused-ring (bicyclic) bond motifs is 1. The molecule has 1 saturated heterocycles. The molecule has 124 valence electrons. The first-order valence-corrected chi connectivity index (χ1v) is 7.65. The lowest BCUT2D eigenvalue weighted by molar-refractivity contribution is -0.131. The molecule has 1 aliphatic rings. The van der Waals surface area contributed by atoms with Crippen LogP contribution < -0.4 is 5.73 Å². The molecule has 1 heterocycles. The number of benzene rings is 2. The van der Waals surface area contributed by atoms with Crippen LogP contribution in [0, 0.1) is 5.82 Å². The Balaban J connectivity index is 1.85. The van der Waals surface area contributed by atoms with Crippen LogP contribution in [-0.4, -0.2) is 40.9 Å². The molecule has 2 aromatic rings. The highest BCUT2D eigenvalue weighted by molar-refractivity contribution is 5.88. The van der Waals surface area contributed by atoms with Gasteiger partial charge in [-0.3, -0.25) is 4.79 Å². The lowest BCUT2D eigenvalue weighted by Gasteiger charge is -2.44. The Bertz CT molecular complexity index is 815. The van der Waals surface area contributed by atoms with Gasteiger partial charge in [-0.25, -0.2) is 9.18 Å². The molecule has 0 spiro atoms. The van der Waals surface area contributed by atoms with E-state index in [-0.39, 0.29) is 24.3 Å². The molecule has 0 saturated carbocycles. The lowest BCUT2D eigenvalue weighted by atomic mass is 10.0. The number of carbonyl (C=O) groups is 2. The first kappa shape index (κ1) is 16.0. The summed E-state index contributed by atoms with van der Waals surface area (Å²) in [6.07, 6.45) is 1.20. The van der Waals surface area contributed by atoms with E-state index in [2.05, 4.69) is 6.58 Å². The Labute approximate surface area is 139 Å². The molecule has 0 aromatic heterocycles. The number of amides is 3. The van der Waals surface area contributed by atoms with E-state index in [0.29, 0.717) is 24.0 Å². The first-order chi connectivity index (χ1) is 11.5. The highest BCUT2D eigenvalue weighted by atomic mass is 19.1. The highest BCUT2D eigenvalue weighted by Crippen LogP contribution is 2.24. The maximum absolute atomic E-state index is 14.7. The smallest absolute Gasteiger partial charge is 0.314 e. The van der Waals surface area contributed by atoms with Gasteiger partial charge in [0, 0.05) is 30.6 Å². The molecule has 0 bridgehead atoms. The van der Waals surface area contributed by atoms with E-state index in [1.807, 2.05) is 18.2 Å². The van der Waals surface area contributed by atoms with Gasteiger partial charge in [-0.05, 0) is 11.5 Å². The molecule has 3 rings (SSSR count). The maximum atomic E-state index is 14.7. The number of nitrogens with zero attached hydrogens (tertiary/aromatic N) is 2. The molecule has 0 radical (unpaired) electrons. The molecule has 3 amide bonds. The van der Waals surface area contributed by atoms with Crippen molar-refractivity contribution in [3.8, 4) is 0 Å². The predicted octanol–water partition coefficient (Wildman–Crippen LogP) is 2.26. The normalized spacial score (nSPS) is 14.3. The minimum Gasteiger partial charge on any atom is -0.351 e. The minimum atomic E-state index is -0.519. The number of rotatable bonds is 4. The molecule has 24 heavy (non-hydrogen) atoms. The van der Waals surface area contributed by atoms with Crippen molar-refractivity contribution in [1.29, 1.82) is 0 Å². The fraction of sp³-hybridized carbons (Fsp3) is 0.222. The van der Waals surface area contributed by atoms with Gasteiger partial charge in [0.1, 0.15) is 5.82 Å². The van der Waals surface area contributed by atoms with Gasteiger partial charge in [-0.2, -0.15) is 0 Å². The Kier molecular flexibility index (Phi) is 4.20. The van der Waals surface area contributed by atoms with Crippen molar-refractivity contribution in [2.24, 2.45) is 5.73 Å². The van der Waals surface area contributed by atoms with E-state index in [1.165, 1.54) is 15.9 Å². The molecular formula is C18H18FN3O2. The van der Waals surface area contributed by atoms with Gasteiger partial charge in [-0.1, -0.05) is 43.0 Å². The Hall–Kier alpha value is -2.89. The number of carbonyl (C=O) groups excluding carboxylic acids is 2. The number of nitrogens with two attached hydrogens (primary N) is 1. The highest BCUT2D eigenvalue weighted by Gasteiger charge is 2.35. The van der Waals surface area contributed by atoms with E-state index in [4.69, 9.17) is 5.73 Å². The molecule has 1 fully saturated rings. The van der Waals surface area contributed by atoms with Crippen LogP contribution in [-0.2, 0) is 11.3 Å². The van der Waals surface area contributed by atoms with Gasteiger partial charge in [0.25, 0.3) is 0 Å². The Morgan fingerprint density at radius 3 is 2.67 bits per heavy atom. The van der Waals surface area contributed by atoms with Crippen LogP contribution in [0.15, 0.2) is 49.1 Å². The quantitative estimate of drug-likeness (QED) is 0.875. The van der Waals surface area contributed by atoms with Gasteiger partial charge in [0.2, 0.25) is 5.91 Å². The number of halogens is 1. The van der Waals surface area contributed by atoms with Crippen molar-refractivity contribution >= 4 is 22.7 Å². The second kappa shape index (κ2) is 6.31. The summed E-state index contributed by atoms with van der Waals surface area (Å²) in [5, 5.41) is 1.33. The number of urea groups is 1. The van der Waals surface area contributed by atoms with Crippen LogP contribution in [0.5, 0.6) is 0 Å². The van der Waals surface area contributed by atoms with Crippen LogP contribution in [0.4, 0.5) is 9.18 Å². The third kappa shape index (κ3) is 2.82. The van der Waals surface area contributed by atoms with E-state index < -0.39 is 6.03 Å². The number of likely N-dealkylation sites (tertiary alicyclic amines) is 1. The monoisotopic (exact) mass is 327 g/mol. The van der Waals surface area contributed by atoms with Crippen LogP contribution in [0.3, 0.4) is 0 Å². The number of primary amides is 1. The van der Waals surface area contributed by atoms with Crippen molar-refractivity contribution in [3.63, 3.8) is 0 Å². The first-order valence-electron chi connectivity index (χ1n) is 7.65. The zero-order chi connectivity index (χ0) is 17.3. The average molecular weight is 327 g/mol. The van der Waals surface area contributed by atoms with E-state index in [1.54, 1.807) is 18.2 Å². The van der Waals surface area contributed by atoms with Crippen LogP contribution in [0.25, 0.3) is 10.8 Å². The summed E-state index contributed by atoms with van der Waals surface area (Å²) >= 11 is 0. The predicted molar refractivity (Wildman–Crippen MR) is 89.6 cm³/mol. The van der Waals surface area contributed by atoms with Crippen molar-refractivity contribution < 1.29 is 14.0 Å². The molecular weight excluding hydrogens is 309 g/mol. The zero-order valence-electron chi connectivity index (χ0n) is 13.1. The molecule has 2 N–H and O–H groups in total. The molecule has 5 nitrogen and oxygen atoms in total. The van der Waals surface area contributed by atoms with Crippen LogP contribution >= 0.6 is 0 Å². The van der Waals surface area contributed by atoms with Crippen molar-refractivity contribution in [2.75, 3.05) is 13.1 Å². The third-order valence-electron chi connectivity index (χ3n) is 4.36. The number of hydrogen-bond acceptors (Lipinski definition) is 2. The maximum Gasteiger partial charge on any atom is 0.314 e. The SMILES string of the molecule is C=CC(=O)N(Cc1ccc2ccccc2c1F)C1CN(C(N)=O)C1. The van der Waals surface area contributed by atoms with Crippen molar-refractivity contribution in [3.05, 3.63) is 60.4 Å². The molecule has 0 aliphatic carbocycles. The average Bonchev–Trinajstić information content (AvgIpc) is 2.54. The molecule has 0 unspecified atom stereocenters. The molecule has 0 atom stereocenters. The second-order valence-electron chi connectivity index (χ2n) is 5.83. The fourth-order valence-electron chi connectivity index (χ4n) is 2.92. The van der Waals surface area contributed by atoms with Gasteiger partial charge in [-0.15, -0.1) is 0 Å². The lowest BCUT2D eigenvalue weighted by Crippen LogP contribution is -2.63. The fourth-order valence-corrected chi connectivity index (χ4v) is 2.92. The van der Waals surface area contributed by atoms with E-state index >= 15 is 0 Å². The van der Waals surface area contributed by atoms with E-state index in [0.717, 1.165) is 5.39 Å².